The number of aliphatic hydroxyl groups excluding tert-OH is 2. The average Bonchev–Trinajstić information content (AvgIpc) is 2.33. The summed E-state index contributed by atoms with van der Waals surface area (Å²) in [6, 6.07) is 0. The standard InChI is InChI=1S/C11H24O2.C3H8O2/c1-4-6-8-11(3,12)10-13-9-7-5-2;1-3(5)2-4/h12H,4-10H2,1-3H3;3-5H,2H2,1H3. The van der Waals surface area contributed by atoms with Gasteiger partial charge in [-0.05, 0) is 26.7 Å². The predicted molar refractivity (Wildman–Crippen MR) is 74.6 cm³/mol. The van der Waals surface area contributed by atoms with Crippen molar-refractivity contribution in [2.24, 2.45) is 0 Å². The van der Waals surface area contributed by atoms with Crippen molar-refractivity contribution in [3.05, 3.63) is 0 Å². The van der Waals surface area contributed by atoms with Gasteiger partial charge < -0.3 is 20.1 Å². The zero-order valence-electron chi connectivity index (χ0n) is 12.5. The van der Waals surface area contributed by atoms with Crippen LogP contribution in [0.4, 0.5) is 0 Å². The maximum Gasteiger partial charge on any atom is 0.0852 e. The molecule has 0 rings (SSSR count). The van der Waals surface area contributed by atoms with Gasteiger partial charge in [-0.2, -0.15) is 0 Å². The van der Waals surface area contributed by atoms with Crippen LogP contribution >= 0.6 is 0 Å². The Morgan fingerprint density at radius 3 is 2.06 bits per heavy atom. The fourth-order valence-corrected chi connectivity index (χ4v) is 1.17. The van der Waals surface area contributed by atoms with Gasteiger partial charge in [0.25, 0.3) is 0 Å². The van der Waals surface area contributed by atoms with Crippen LogP contribution in [0.5, 0.6) is 0 Å². The van der Waals surface area contributed by atoms with E-state index < -0.39 is 11.7 Å². The molecule has 0 aromatic rings. The molecule has 4 heteroatoms. The largest absolute Gasteiger partial charge is 0.394 e. The fraction of sp³-hybridized carbons (Fsp3) is 1.00. The minimum Gasteiger partial charge on any atom is -0.394 e. The molecule has 0 bridgehead atoms. The molecule has 0 saturated heterocycles. The normalized spacial score (nSPS) is 15.5. The molecule has 2 unspecified atom stereocenters. The molecule has 0 aliphatic rings. The molecule has 0 amide bonds. The minimum atomic E-state index is -0.621. The first-order valence-corrected chi connectivity index (χ1v) is 6.98. The van der Waals surface area contributed by atoms with Crippen LogP contribution in [0.1, 0.15) is 59.8 Å². The quantitative estimate of drug-likeness (QED) is 0.558. The van der Waals surface area contributed by atoms with Gasteiger partial charge in [-0.15, -0.1) is 0 Å². The molecular weight excluding hydrogens is 232 g/mol. The van der Waals surface area contributed by atoms with Gasteiger partial charge in [0, 0.05) is 6.61 Å². The Morgan fingerprint density at radius 1 is 1.17 bits per heavy atom. The van der Waals surface area contributed by atoms with Crippen LogP contribution in [0.25, 0.3) is 0 Å². The van der Waals surface area contributed by atoms with Crippen molar-refractivity contribution in [3.63, 3.8) is 0 Å². The molecule has 0 heterocycles. The summed E-state index contributed by atoms with van der Waals surface area (Å²) in [5, 5.41) is 25.8. The second-order valence-electron chi connectivity index (χ2n) is 5.04. The second kappa shape index (κ2) is 13.3. The molecule has 112 valence electrons. The lowest BCUT2D eigenvalue weighted by Gasteiger charge is -2.22. The highest BCUT2D eigenvalue weighted by molar-refractivity contribution is 4.71. The first kappa shape index (κ1) is 20.2. The summed E-state index contributed by atoms with van der Waals surface area (Å²) in [5.41, 5.74) is -0.621. The molecule has 2 atom stereocenters. The molecule has 0 fully saturated rings. The average molecular weight is 264 g/mol. The van der Waals surface area contributed by atoms with Crippen LogP contribution in [0, 0.1) is 0 Å². The molecule has 0 aromatic heterocycles. The lowest BCUT2D eigenvalue weighted by atomic mass is 10.0. The van der Waals surface area contributed by atoms with E-state index in [1.165, 1.54) is 6.92 Å². The number of unbranched alkanes of at least 4 members (excludes halogenated alkanes) is 2. The smallest absolute Gasteiger partial charge is 0.0852 e. The highest BCUT2D eigenvalue weighted by atomic mass is 16.5. The Hall–Kier alpha value is -0.160. The van der Waals surface area contributed by atoms with E-state index in [0.29, 0.717) is 6.61 Å². The third-order valence-electron chi connectivity index (χ3n) is 2.39. The first-order chi connectivity index (χ1) is 8.39. The summed E-state index contributed by atoms with van der Waals surface area (Å²) < 4.78 is 5.39. The van der Waals surface area contributed by atoms with E-state index in [0.717, 1.165) is 38.7 Å². The Morgan fingerprint density at radius 2 is 1.67 bits per heavy atom. The van der Waals surface area contributed by atoms with Crippen molar-refractivity contribution in [1.82, 2.24) is 0 Å². The predicted octanol–water partition coefficient (Wildman–Crippen LogP) is 2.10. The molecule has 0 saturated carbocycles. The van der Waals surface area contributed by atoms with E-state index in [-0.39, 0.29) is 6.61 Å². The van der Waals surface area contributed by atoms with Crippen LogP contribution in [0.2, 0.25) is 0 Å². The number of aliphatic hydroxyl groups is 3. The molecule has 0 spiro atoms. The van der Waals surface area contributed by atoms with Crippen molar-refractivity contribution < 1.29 is 20.1 Å². The molecule has 0 aromatic carbocycles. The Bertz CT molecular complexity index is 158. The molecule has 0 radical (unpaired) electrons. The monoisotopic (exact) mass is 264 g/mol. The molecule has 18 heavy (non-hydrogen) atoms. The van der Waals surface area contributed by atoms with Crippen LogP contribution in [-0.4, -0.2) is 46.8 Å². The van der Waals surface area contributed by atoms with Gasteiger partial charge in [-0.25, -0.2) is 0 Å². The van der Waals surface area contributed by atoms with Crippen molar-refractivity contribution in [2.75, 3.05) is 19.8 Å². The van der Waals surface area contributed by atoms with Crippen LogP contribution < -0.4 is 0 Å². The van der Waals surface area contributed by atoms with Crippen molar-refractivity contribution in [1.29, 1.82) is 0 Å². The van der Waals surface area contributed by atoms with Crippen molar-refractivity contribution in [3.8, 4) is 0 Å². The third-order valence-corrected chi connectivity index (χ3v) is 2.39. The molecule has 0 aliphatic carbocycles. The van der Waals surface area contributed by atoms with Gasteiger partial charge in [-0.3, -0.25) is 0 Å². The van der Waals surface area contributed by atoms with Gasteiger partial charge in [-0.1, -0.05) is 33.1 Å². The molecule has 3 N–H and O–H groups in total. The van der Waals surface area contributed by atoms with Gasteiger partial charge in [0.05, 0.1) is 24.9 Å². The number of ether oxygens (including phenoxy) is 1. The van der Waals surface area contributed by atoms with E-state index in [1.54, 1.807) is 0 Å². The SMILES string of the molecule is CC(O)CO.CCCCOCC(C)(O)CCCC. The third kappa shape index (κ3) is 18.2. The van der Waals surface area contributed by atoms with Gasteiger partial charge in [0.2, 0.25) is 0 Å². The van der Waals surface area contributed by atoms with Crippen LogP contribution in [0.3, 0.4) is 0 Å². The maximum absolute atomic E-state index is 9.82. The summed E-state index contributed by atoms with van der Waals surface area (Å²) in [6.45, 7) is 8.77. The van der Waals surface area contributed by atoms with Gasteiger partial charge in [0.15, 0.2) is 0 Å². The maximum atomic E-state index is 9.82. The first-order valence-electron chi connectivity index (χ1n) is 6.98. The number of rotatable bonds is 9. The summed E-state index contributed by atoms with van der Waals surface area (Å²) in [5.74, 6) is 0. The zero-order valence-corrected chi connectivity index (χ0v) is 12.5. The van der Waals surface area contributed by atoms with E-state index in [2.05, 4.69) is 13.8 Å². The van der Waals surface area contributed by atoms with Crippen molar-refractivity contribution >= 4 is 0 Å². The topological polar surface area (TPSA) is 69.9 Å². The Balaban J connectivity index is 0. The minimum absolute atomic E-state index is 0.139. The van der Waals surface area contributed by atoms with E-state index in [4.69, 9.17) is 14.9 Å². The molecule has 4 nitrogen and oxygen atoms in total. The summed E-state index contributed by atoms with van der Waals surface area (Å²) >= 11 is 0. The fourth-order valence-electron chi connectivity index (χ4n) is 1.17. The zero-order chi connectivity index (χ0) is 14.4. The van der Waals surface area contributed by atoms with E-state index >= 15 is 0 Å². The highest BCUT2D eigenvalue weighted by Crippen LogP contribution is 2.13. The van der Waals surface area contributed by atoms with Crippen molar-refractivity contribution in [2.45, 2.75) is 71.5 Å². The molecule has 0 aliphatic heterocycles. The van der Waals surface area contributed by atoms with Crippen LogP contribution in [-0.2, 0) is 4.74 Å². The lowest BCUT2D eigenvalue weighted by Crippen LogP contribution is -2.30. The summed E-state index contributed by atoms with van der Waals surface area (Å²) in [4.78, 5) is 0. The summed E-state index contributed by atoms with van der Waals surface area (Å²) in [7, 11) is 0. The second-order valence-corrected chi connectivity index (χ2v) is 5.04. The van der Waals surface area contributed by atoms with E-state index in [9.17, 15) is 5.11 Å². The Kier molecular flexibility index (Phi) is 14.9. The summed E-state index contributed by atoms with van der Waals surface area (Å²) in [6.07, 6.45) is 4.72. The number of hydrogen-bond acceptors (Lipinski definition) is 4. The van der Waals surface area contributed by atoms with Crippen LogP contribution in [0.15, 0.2) is 0 Å². The van der Waals surface area contributed by atoms with Gasteiger partial charge in [0.1, 0.15) is 0 Å². The lowest BCUT2D eigenvalue weighted by molar-refractivity contribution is -0.0404. The molecular formula is C14H32O4. The van der Waals surface area contributed by atoms with Gasteiger partial charge >= 0.3 is 0 Å². The Labute approximate surface area is 112 Å². The van der Waals surface area contributed by atoms with E-state index in [1.807, 2.05) is 6.92 Å². The number of hydrogen-bond donors (Lipinski definition) is 3. The highest BCUT2D eigenvalue weighted by Gasteiger charge is 2.19.